The summed E-state index contributed by atoms with van der Waals surface area (Å²) in [5.41, 5.74) is 2.34. The number of quaternary nitrogens is 1. The first-order chi connectivity index (χ1) is 12.3. The number of hydrogen-bond donors (Lipinski definition) is 2. The number of nitrogens with one attached hydrogen (secondary N) is 2. The summed E-state index contributed by atoms with van der Waals surface area (Å²) in [6.45, 7) is 2.53. The van der Waals surface area contributed by atoms with Gasteiger partial charge in [0.2, 0.25) is 0 Å². The molecule has 0 aliphatic heterocycles. The van der Waals surface area contributed by atoms with Crippen molar-refractivity contribution in [1.82, 2.24) is 5.32 Å². The Morgan fingerprint density at radius 2 is 1.88 bits per heavy atom. The van der Waals surface area contributed by atoms with Crippen LogP contribution >= 0.6 is 11.6 Å². The van der Waals surface area contributed by atoms with Crippen molar-refractivity contribution in [2.24, 2.45) is 0 Å². The molecule has 2 aromatic rings. The molecule has 2 N–H and O–H groups in total. The number of benzene rings is 2. The Morgan fingerprint density at radius 3 is 2.42 bits per heavy atom. The van der Waals surface area contributed by atoms with Crippen molar-refractivity contribution >= 4 is 23.2 Å². The lowest BCUT2D eigenvalue weighted by Crippen LogP contribution is -3.07. The Bertz CT molecular complexity index is 791. The Morgan fingerprint density at radius 1 is 1.23 bits per heavy atom. The molecule has 0 fully saturated rings. The molecular weight excluding hydrogens is 354 g/mol. The number of likely N-dealkylation sites (N-methyl/N-ethyl adjacent to an activating group) is 1. The largest absolute Gasteiger partial charge is 0.346 e. The number of carbonyl (C=O) groups is 1. The van der Waals surface area contributed by atoms with Gasteiger partial charge in [0, 0.05) is 17.2 Å². The average Bonchev–Trinajstić information content (AvgIpc) is 2.62. The molecular formula is C19H23ClN3O3+. The van der Waals surface area contributed by atoms with Gasteiger partial charge in [-0.1, -0.05) is 42.8 Å². The minimum atomic E-state index is -0.596. The number of carbonyl (C=O) groups excluding carboxylic acids is 1. The van der Waals surface area contributed by atoms with E-state index in [-0.39, 0.29) is 28.2 Å². The van der Waals surface area contributed by atoms with Crippen LogP contribution in [0, 0.1) is 10.1 Å². The van der Waals surface area contributed by atoms with Crippen LogP contribution in [0.2, 0.25) is 5.02 Å². The Balaban J connectivity index is 2.12. The fourth-order valence-electron chi connectivity index (χ4n) is 2.73. The van der Waals surface area contributed by atoms with Crippen molar-refractivity contribution in [2.75, 3.05) is 20.6 Å². The molecule has 0 aliphatic carbocycles. The zero-order valence-corrected chi connectivity index (χ0v) is 15.8. The van der Waals surface area contributed by atoms with Crippen molar-refractivity contribution < 1.29 is 14.6 Å². The second-order valence-electron chi connectivity index (χ2n) is 6.36. The quantitative estimate of drug-likeness (QED) is 0.575. The molecule has 0 aromatic heterocycles. The highest BCUT2D eigenvalue weighted by Gasteiger charge is 2.21. The maximum Gasteiger partial charge on any atom is 0.288 e. The van der Waals surface area contributed by atoms with Gasteiger partial charge in [-0.15, -0.1) is 0 Å². The number of nitro groups is 1. The van der Waals surface area contributed by atoms with Crippen LogP contribution in [0.3, 0.4) is 0 Å². The van der Waals surface area contributed by atoms with Gasteiger partial charge in [-0.05, 0) is 24.1 Å². The first-order valence-corrected chi connectivity index (χ1v) is 8.82. The van der Waals surface area contributed by atoms with Gasteiger partial charge in [-0.25, -0.2) is 0 Å². The highest BCUT2D eigenvalue weighted by Crippen LogP contribution is 2.25. The third-order valence-electron chi connectivity index (χ3n) is 4.36. The van der Waals surface area contributed by atoms with Gasteiger partial charge in [0.05, 0.1) is 25.6 Å². The van der Waals surface area contributed by atoms with E-state index in [0.717, 1.165) is 12.0 Å². The number of nitrogens with zero attached hydrogens (tertiary/aromatic N) is 1. The third kappa shape index (κ3) is 4.80. The number of hydrogen-bond acceptors (Lipinski definition) is 3. The fraction of sp³-hybridized carbons (Fsp3) is 0.316. The number of rotatable bonds is 7. The van der Waals surface area contributed by atoms with Crippen LogP contribution in [0.25, 0.3) is 0 Å². The van der Waals surface area contributed by atoms with Crippen LogP contribution in [-0.2, 0) is 6.42 Å². The summed E-state index contributed by atoms with van der Waals surface area (Å²) in [6, 6.07) is 12.5. The molecule has 0 saturated carbocycles. The lowest BCUT2D eigenvalue weighted by Gasteiger charge is -2.22. The standard InChI is InChI=1S/C19H22ClN3O3/c1-4-13-5-7-14(8-6-13)18(22(2)3)12-21-19(24)15-9-10-16(20)17(11-15)23(25)26/h5-11,18H,4,12H2,1-3H3,(H,21,24)/p+1/t18-/m0/s1. The van der Waals surface area contributed by atoms with Crippen LogP contribution < -0.4 is 10.2 Å². The second kappa shape index (κ2) is 8.78. The molecule has 1 amide bonds. The normalized spacial score (nSPS) is 12.0. The Labute approximate surface area is 157 Å². The molecule has 0 heterocycles. The van der Waals surface area contributed by atoms with Crippen LogP contribution in [0.1, 0.15) is 34.5 Å². The summed E-state index contributed by atoms with van der Waals surface area (Å²) in [5.74, 6) is -0.360. The molecule has 138 valence electrons. The van der Waals surface area contributed by atoms with E-state index in [4.69, 9.17) is 11.6 Å². The fourth-order valence-corrected chi connectivity index (χ4v) is 2.92. The van der Waals surface area contributed by atoms with Gasteiger partial charge < -0.3 is 10.2 Å². The monoisotopic (exact) mass is 376 g/mol. The first kappa shape index (κ1) is 19.9. The van der Waals surface area contributed by atoms with Crippen LogP contribution in [0.5, 0.6) is 0 Å². The average molecular weight is 377 g/mol. The van der Waals surface area contributed by atoms with Gasteiger partial charge in [-0.2, -0.15) is 0 Å². The summed E-state index contributed by atoms with van der Waals surface area (Å²) in [7, 11) is 4.05. The smallest absolute Gasteiger partial charge is 0.288 e. The van der Waals surface area contributed by atoms with E-state index in [2.05, 4.69) is 36.5 Å². The topological polar surface area (TPSA) is 76.7 Å². The van der Waals surface area contributed by atoms with E-state index in [0.29, 0.717) is 6.54 Å². The van der Waals surface area contributed by atoms with Crippen molar-refractivity contribution in [2.45, 2.75) is 19.4 Å². The molecule has 2 rings (SSSR count). The zero-order chi connectivity index (χ0) is 19.3. The summed E-state index contributed by atoms with van der Waals surface area (Å²) in [4.78, 5) is 24.0. The Hall–Kier alpha value is -2.44. The molecule has 0 spiro atoms. The summed E-state index contributed by atoms with van der Waals surface area (Å²) in [6.07, 6.45) is 0.978. The van der Waals surface area contributed by atoms with Gasteiger partial charge in [0.1, 0.15) is 11.1 Å². The van der Waals surface area contributed by atoms with E-state index >= 15 is 0 Å². The highest BCUT2D eigenvalue weighted by molar-refractivity contribution is 6.32. The molecule has 7 heteroatoms. The van der Waals surface area contributed by atoms with E-state index in [9.17, 15) is 14.9 Å². The Kier molecular flexibility index (Phi) is 6.71. The minimum absolute atomic E-state index is 0.0122. The van der Waals surface area contributed by atoms with Crippen molar-refractivity contribution in [3.63, 3.8) is 0 Å². The van der Waals surface area contributed by atoms with Crippen molar-refractivity contribution in [3.05, 3.63) is 74.3 Å². The third-order valence-corrected chi connectivity index (χ3v) is 4.68. The molecule has 6 nitrogen and oxygen atoms in total. The van der Waals surface area contributed by atoms with E-state index in [1.807, 2.05) is 14.1 Å². The maximum atomic E-state index is 12.4. The molecule has 0 radical (unpaired) electrons. The van der Waals surface area contributed by atoms with Gasteiger partial charge in [0.25, 0.3) is 11.6 Å². The molecule has 1 atom stereocenters. The predicted molar refractivity (Wildman–Crippen MR) is 102 cm³/mol. The van der Waals surface area contributed by atoms with E-state index in [1.165, 1.54) is 28.7 Å². The molecule has 0 bridgehead atoms. The summed E-state index contributed by atoms with van der Waals surface area (Å²) < 4.78 is 0. The zero-order valence-electron chi connectivity index (χ0n) is 15.1. The lowest BCUT2D eigenvalue weighted by atomic mass is 10.0. The number of halogens is 1. The van der Waals surface area contributed by atoms with Crippen molar-refractivity contribution in [1.29, 1.82) is 0 Å². The molecule has 0 aliphatic rings. The van der Waals surface area contributed by atoms with Gasteiger partial charge in [-0.3, -0.25) is 14.9 Å². The highest BCUT2D eigenvalue weighted by atomic mass is 35.5. The molecule has 0 saturated heterocycles. The molecule has 0 unspecified atom stereocenters. The van der Waals surface area contributed by atoms with E-state index < -0.39 is 4.92 Å². The minimum Gasteiger partial charge on any atom is -0.346 e. The number of nitro benzene ring substituents is 1. The predicted octanol–water partition coefficient (Wildman–Crippen LogP) is 2.43. The maximum absolute atomic E-state index is 12.4. The van der Waals surface area contributed by atoms with Gasteiger partial charge in [0.15, 0.2) is 0 Å². The summed E-state index contributed by atoms with van der Waals surface area (Å²) in [5, 5.41) is 13.9. The second-order valence-corrected chi connectivity index (χ2v) is 6.77. The van der Waals surface area contributed by atoms with Crippen molar-refractivity contribution in [3.8, 4) is 0 Å². The van der Waals surface area contributed by atoms with Crippen LogP contribution in [0.15, 0.2) is 42.5 Å². The first-order valence-electron chi connectivity index (χ1n) is 8.44. The molecule has 2 aromatic carbocycles. The SMILES string of the molecule is CCc1ccc([C@H](CNC(=O)c2ccc(Cl)c([N+](=O)[O-])c2)[NH+](C)C)cc1. The van der Waals surface area contributed by atoms with Crippen LogP contribution in [0.4, 0.5) is 5.69 Å². The van der Waals surface area contributed by atoms with Crippen LogP contribution in [-0.4, -0.2) is 31.5 Å². The number of amides is 1. The van der Waals surface area contributed by atoms with Gasteiger partial charge >= 0.3 is 0 Å². The lowest BCUT2D eigenvalue weighted by molar-refractivity contribution is -0.890. The summed E-state index contributed by atoms with van der Waals surface area (Å²) >= 11 is 5.79. The number of aryl methyl sites for hydroxylation is 1. The molecule has 26 heavy (non-hydrogen) atoms. The van der Waals surface area contributed by atoms with E-state index in [1.54, 1.807) is 0 Å².